The smallest absolute Gasteiger partial charge is 0.260 e. The van der Waals surface area contributed by atoms with Gasteiger partial charge in [0.05, 0.1) is 26.4 Å². The zero-order valence-electron chi connectivity index (χ0n) is 16.1. The molecule has 28 heavy (non-hydrogen) atoms. The molecular weight excluding hydrogens is 360 g/mol. The number of Topliss-reactive ketones (excluding diaryl/α,β-unsaturated/α-hetero) is 1. The minimum Gasteiger partial charge on any atom is -0.508 e. The number of phenols is 1. The number of hydrogen-bond donors (Lipinski definition) is 1. The molecule has 0 bridgehead atoms. The Labute approximate surface area is 163 Å². The molecule has 0 aliphatic carbocycles. The number of carbonyl (C=O) groups is 1. The summed E-state index contributed by atoms with van der Waals surface area (Å²) in [5.74, 6) is -1.12. The number of hydrogen-bond acceptors (Lipinski definition) is 7. The van der Waals surface area contributed by atoms with E-state index in [0.717, 1.165) is 11.1 Å². The summed E-state index contributed by atoms with van der Waals surface area (Å²) in [6, 6.07) is 7.04. The number of fused-ring (bicyclic) bond motifs is 1. The van der Waals surface area contributed by atoms with Gasteiger partial charge in [0.2, 0.25) is 0 Å². The van der Waals surface area contributed by atoms with E-state index in [2.05, 4.69) is 9.88 Å². The fraction of sp³-hybridized carbons (Fsp3) is 0.429. The van der Waals surface area contributed by atoms with Gasteiger partial charge in [0, 0.05) is 47.2 Å². The second-order valence-electron chi connectivity index (χ2n) is 7.06. The molecule has 7 heteroatoms. The highest BCUT2D eigenvalue weighted by atomic mass is 16.7. The summed E-state index contributed by atoms with van der Waals surface area (Å²) in [4.78, 5) is 18.9. The van der Waals surface area contributed by atoms with Gasteiger partial charge in [-0.3, -0.25) is 9.78 Å². The molecule has 2 aliphatic heterocycles. The van der Waals surface area contributed by atoms with Crippen molar-refractivity contribution in [1.29, 1.82) is 0 Å². The number of ether oxygens (including phenoxy) is 3. The zero-order chi connectivity index (χ0) is 19.7. The van der Waals surface area contributed by atoms with E-state index in [0.29, 0.717) is 49.7 Å². The van der Waals surface area contributed by atoms with Crippen LogP contribution in [0.5, 0.6) is 5.75 Å². The third-order valence-corrected chi connectivity index (χ3v) is 5.28. The summed E-state index contributed by atoms with van der Waals surface area (Å²) in [6.07, 6.45) is 1.75. The third-order valence-electron chi connectivity index (χ3n) is 5.28. The first-order valence-electron chi connectivity index (χ1n) is 9.40. The maximum Gasteiger partial charge on any atom is 0.260 e. The van der Waals surface area contributed by atoms with Crippen LogP contribution < -0.4 is 0 Å². The first kappa shape index (κ1) is 19.0. The zero-order valence-corrected chi connectivity index (χ0v) is 16.1. The quantitative estimate of drug-likeness (QED) is 0.793. The van der Waals surface area contributed by atoms with Gasteiger partial charge in [-0.25, -0.2) is 4.90 Å². The molecule has 1 atom stereocenters. The maximum atomic E-state index is 12.5. The van der Waals surface area contributed by atoms with Gasteiger partial charge in [0.15, 0.2) is 5.78 Å². The topological polar surface area (TPSA) is 81.1 Å². The average molecular weight is 384 g/mol. The van der Waals surface area contributed by atoms with Crippen molar-refractivity contribution >= 4 is 5.78 Å². The molecule has 1 saturated heterocycles. The van der Waals surface area contributed by atoms with Gasteiger partial charge in [-0.1, -0.05) is 18.2 Å². The van der Waals surface area contributed by atoms with Crippen molar-refractivity contribution in [3.63, 3.8) is 0 Å². The lowest BCUT2D eigenvalue weighted by atomic mass is 9.96. The van der Waals surface area contributed by atoms with Crippen LogP contribution in [0.2, 0.25) is 0 Å². The number of ketones is 1. The molecule has 1 aromatic carbocycles. The van der Waals surface area contributed by atoms with Crippen LogP contribution in [-0.2, 0) is 33.3 Å². The second-order valence-corrected chi connectivity index (χ2v) is 7.06. The summed E-state index contributed by atoms with van der Waals surface area (Å²) >= 11 is 0. The van der Waals surface area contributed by atoms with Crippen molar-refractivity contribution < 1.29 is 24.1 Å². The Hall–Kier alpha value is -2.32. The van der Waals surface area contributed by atoms with E-state index in [1.165, 1.54) is 6.92 Å². The highest BCUT2D eigenvalue weighted by molar-refractivity contribution is 5.97. The van der Waals surface area contributed by atoms with E-state index in [9.17, 15) is 9.90 Å². The Balaban J connectivity index is 1.80. The number of aryl methyl sites for hydroxylation is 1. The molecule has 0 amide bonds. The molecule has 1 fully saturated rings. The normalized spacial score (nSPS) is 22.2. The average Bonchev–Trinajstić information content (AvgIpc) is 3.07. The standard InChI is InChI=1S/C21H24N2O5/c1-14-19(15(2)24)20-17(11-22-14)13-28-21(20,23-7-9-26-10-8-23)27-12-16-5-3-4-6-18(16)25/h3-6,11,25H,7-10,12-13H2,1-2H3. The summed E-state index contributed by atoms with van der Waals surface area (Å²) in [7, 11) is 0. The van der Waals surface area contributed by atoms with E-state index in [-0.39, 0.29) is 18.1 Å². The Morgan fingerprint density at radius 3 is 2.79 bits per heavy atom. The van der Waals surface area contributed by atoms with Gasteiger partial charge in [-0.05, 0) is 19.9 Å². The number of pyridine rings is 1. The van der Waals surface area contributed by atoms with Crippen LogP contribution >= 0.6 is 0 Å². The van der Waals surface area contributed by atoms with Crippen LogP contribution in [0.25, 0.3) is 0 Å². The SMILES string of the molecule is CC(=O)c1c(C)ncc2c1C(OCc1ccccc1O)(N1CCOCC1)OC2. The summed E-state index contributed by atoms with van der Waals surface area (Å²) in [5, 5.41) is 10.1. The van der Waals surface area contributed by atoms with Crippen molar-refractivity contribution in [2.45, 2.75) is 33.0 Å². The van der Waals surface area contributed by atoms with Crippen LogP contribution in [0.3, 0.4) is 0 Å². The Morgan fingerprint density at radius 1 is 1.32 bits per heavy atom. The van der Waals surface area contributed by atoms with E-state index in [1.54, 1.807) is 18.3 Å². The predicted octanol–water partition coefficient (Wildman–Crippen LogP) is 2.49. The molecule has 1 aromatic heterocycles. The second kappa shape index (κ2) is 7.60. The van der Waals surface area contributed by atoms with Crippen LogP contribution in [0.1, 0.15) is 39.7 Å². The summed E-state index contributed by atoms with van der Waals surface area (Å²) in [5.41, 5.74) is 3.42. The van der Waals surface area contributed by atoms with Crippen LogP contribution in [0, 0.1) is 6.92 Å². The molecular formula is C21H24N2O5. The van der Waals surface area contributed by atoms with Crippen LogP contribution in [0.4, 0.5) is 0 Å². The van der Waals surface area contributed by atoms with E-state index in [1.807, 2.05) is 19.1 Å². The summed E-state index contributed by atoms with van der Waals surface area (Å²) in [6.45, 7) is 6.14. The van der Waals surface area contributed by atoms with Crippen molar-refractivity contribution in [1.82, 2.24) is 9.88 Å². The fourth-order valence-electron chi connectivity index (χ4n) is 3.91. The Morgan fingerprint density at radius 2 is 2.07 bits per heavy atom. The Kier molecular flexibility index (Phi) is 5.16. The molecule has 2 aliphatic rings. The molecule has 0 saturated carbocycles. The number of phenolic OH excluding ortho intramolecular Hbond substituents is 1. The molecule has 2 aromatic rings. The number of para-hydroxylation sites is 1. The number of aromatic nitrogens is 1. The number of nitrogens with zero attached hydrogens (tertiary/aromatic N) is 2. The number of benzene rings is 1. The van der Waals surface area contributed by atoms with Gasteiger partial charge in [-0.2, -0.15) is 0 Å². The molecule has 3 heterocycles. The summed E-state index contributed by atoms with van der Waals surface area (Å²) < 4.78 is 18.1. The highest BCUT2D eigenvalue weighted by Crippen LogP contribution is 2.44. The van der Waals surface area contributed by atoms with E-state index < -0.39 is 5.91 Å². The van der Waals surface area contributed by atoms with Gasteiger partial charge in [-0.15, -0.1) is 0 Å². The molecule has 4 rings (SSSR count). The lowest BCUT2D eigenvalue weighted by Crippen LogP contribution is -2.53. The van der Waals surface area contributed by atoms with Crippen molar-refractivity contribution in [3.05, 3.63) is 58.4 Å². The van der Waals surface area contributed by atoms with Crippen LogP contribution in [0.15, 0.2) is 30.5 Å². The highest BCUT2D eigenvalue weighted by Gasteiger charge is 2.50. The first-order valence-corrected chi connectivity index (χ1v) is 9.40. The lowest BCUT2D eigenvalue weighted by molar-refractivity contribution is -0.336. The number of morpholine rings is 1. The minimum absolute atomic E-state index is 0.0730. The van der Waals surface area contributed by atoms with Gasteiger partial charge >= 0.3 is 0 Å². The third kappa shape index (κ3) is 3.20. The van der Waals surface area contributed by atoms with E-state index in [4.69, 9.17) is 14.2 Å². The lowest BCUT2D eigenvalue weighted by Gasteiger charge is -2.42. The van der Waals surface area contributed by atoms with Crippen molar-refractivity contribution in [2.75, 3.05) is 26.3 Å². The molecule has 0 spiro atoms. The van der Waals surface area contributed by atoms with Gasteiger partial charge in [0.1, 0.15) is 5.75 Å². The monoisotopic (exact) mass is 384 g/mol. The minimum atomic E-state index is -1.21. The maximum absolute atomic E-state index is 12.5. The van der Waals surface area contributed by atoms with Crippen molar-refractivity contribution in [2.24, 2.45) is 0 Å². The molecule has 1 N–H and O–H groups in total. The van der Waals surface area contributed by atoms with Gasteiger partial charge in [0.25, 0.3) is 5.91 Å². The fourth-order valence-corrected chi connectivity index (χ4v) is 3.91. The number of aromatic hydroxyl groups is 1. The van der Waals surface area contributed by atoms with Gasteiger partial charge < -0.3 is 19.3 Å². The van der Waals surface area contributed by atoms with E-state index >= 15 is 0 Å². The molecule has 148 valence electrons. The largest absolute Gasteiger partial charge is 0.508 e. The Bertz CT molecular complexity index is 894. The van der Waals surface area contributed by atoms with Crippen LogP contribution in [-0.4, -0.2) is 47.1 Å². The predicted molar refractivity (Wildman–Crippen MR) is 101 cm³/mol. The molecule has 7 nitrogen and oxygen atoms in total. The molecule has 1 unspecified atom stereocenters. The molecule has 0 radical (unpaired) electrons. The number of rotatable bonds is 5. The number of carbonyl (C=O) groups excluding carboxylic acids is 1. The van der Waals surface area contributed by atoms with Crippen molar-refractivity contribution in [3.8, 4) is 5.75 Å². The first-order chi connectivity index (χ1) is 13.5.